The summed E-state index contributed by atoms with van der Waals surface area (Å²) in [5.41, 5.74) is 3.87. The number of pyridine rings is 1. The third kappa shape index (κ3) is 2.54. The van der Waals surface area contributed by atoms with Gasteiger partial charge < -0.3 is 5.32 Å². The zero-order valence-corrected chi connectivity index (χ0v) is 12.8. The zero-order chi connectivity index (χ0) is 15.8. The van der Waals surface area contributed by atoms with Gasteiger partial charge in [-0.25, -0.2) is 10.1 Å². The molecule has 118 valence electrons. The minimum Gasteiger partial charge on any atom is -0.306 e. The molecule has 0 saturated carbocycles. The number of aromatic amines is 1. The van der Waals surface area contributed by atoms with Crippen LogP contribution in [0, 0.1) is 0 Å². The van der Waals surface area contributed by atoms with Crippen molar-refractivity contribution in [3.63, 3.8) is 0 Å². The molecule has 0 radical (unpaired) electrons. The molecule has 2 N–H and O–H groups in total. The van der Waals surface area contributed by atoms with E-state index in [1.165, 1.54) is 24.0 Å². The van der Waals surface area contributed by atoms with Crippen LogP contribution in [0.2, 0.25) is 0 Å². The molecular weight excluding hydrogens is 292 g/mol. The van der Waals surface area contributed by atoms with Gasteiger partial charge in [0.2, 0.25) is 0 Å². The molecule has 2 aliphatic rings. The summed E-state index contributed by atoms with van der Waals surface area (Å²) in [5, 5.41) is 9.24. The molecule has 6 nitrogen and oxygen atoms in total. The molecule has 1 amide bonds. The van der Waals surface area contributed by atoms with E-state index in [1.807, 2.05) is 12.3 Å². The normalized spacial score (nSPS) is 15.8. The van der Waals surface area contributed by atoms with Crippen LogP contribution in [-0.2, 0) is 25.7 Å². The summed E-state index contributed by atoms with van der Waals surface area (Å²) in [6, 6.07) is 1.93. The lowest BCUT2D eigenvalue weighted by Crippen LogP contribution is -2.27. The van der Waals surface area contributed by atoms with E-state index in [-0.39, 0.29) is 5.56 Å². The number of nitrogens with one attached hydrogen (secondary N) is 2. The molecule has 0 bridgehead atoms. The van der Waals surface area contributed by atoms with Crippen LogP contribution in [0.4, 0.5) is 5.82 Å². The zero-order valence-electron chi connectivity index (χ0n) is 12.8. The highest BCUT2D eigenvalue weighted by Crippen LogP contribution is 2.24. The van der Waals surface area contributed by atoms with Crippen LogP contribution in [0.1, 0.15) is 52.0 Å². The SMILES string of the molecule is O=C(Nc1cc2c(cn1)CCCC2)c1c2c(n[nH]c1=O)CCC2. The Morgan fingerprint density at radius 3 is 2.78 bits per heavy atom. The van der Waals surface area contributed by atoms with Crippen molar-refractivity contribution in [2.75, 3.05) is 5.32 Å². The Bertz CT molecular complexity index is 841. The standard InChI is InChI=1S/C17H18N4O2/c22-16(15-12-6-3-7-13(12)20-21-17(15)23)19-14-8-10-4-1-2-5-11(10)9-18-14/h8-9H,1-7H2,(H,21,23)(H,18,19,22). The number of anilines is 1. The molecule has 6 heteroatoms. The fraction of sp³-hybridized carbons (Fsp3) is 0.412. The summed E-state index contributed by atoms with van der Waals surface area (Å²) in [7, 11) is 0. The van der Waals surface area contributed by atoms with Crippen molar-refractivity contribution >= 4 is 11.7 Å². The van der Waals surface area contributed by atoms with Crippen molar-refractivity contribution in [1.82, 2.24) is 15.2 Å². The second-order valence-electron chi connectivity index (χ2n) is 6.21. The Labute approximate surface area is 133 Å². The Kier molecular flexibility index (Phi) is 3.44. The number of nitrogens with zero attached hydrogens (tertiary/aromatic N) is 2. The predicted molar refractivity (Wildman–Crippen MR) is 85.7 cm³/mol. The van der Waals surface area contributed by atoms with E-state index >= 15 is 0 Å². The fourth-order valence-corrected chi connectivity index (χ4v) is 3.53. The van der Waals surface area contributed by atoms with Crippen LogP contribution in [0.5, 0.6) is 0 Å². The number of H-pyrrole nitrogens is 1. The first-order valence-electron chi connectivity index (χ1n) is 8.12. The smallest absolute Gasteiger partial charge is 0.277 e. The monoisotopic (exact) mass is 310 g/mol. The quantitative estimate of drug-likeness (QED) is 0.885. The third-order valence-corrected chi connectivity index (χ3v) is 4.70. The van der Waals surface area contributed by atoms with Gasteiger partial charge in [0.25, 0.3) is 11.5 Å². The molecule has 23 heavy (non-hydrogen) atoms. The van der Waals surface area contributed by atoms with Crippen molar-refractivity contribution in [2.45, 2.75) is 44.9 Å². The van der Waals surface area contributed by atoms with Crippen LogP contribution < -0.4 is 10.9 Å². The summed E-state index contributed by atoms with van der Waals surface area (Å²) in [4.78, 5) is 28.9. The molecule has 2 aromatic heterocycles. The lowest BCUT2D eigenvalue weighted by atomic mass is 9.93. The number of rotatable bonds is 2. The van der Waals surface area contributed by atoms with E-state index in [4.69, 9.17) is 0 Å². The molecule has 0 aliphatic heterocycles. The largest absolute Gasteiger partial charge is 0.306 e. The number of carbonyl (C=O) groups is 1. The number of amides is 1. The molecule has 0 fully saturated rings. The number of carbonyl (C=O) groups excluding carboxylic acids is 1. The van der Waals surface area contributed by atoms with Crippen molar-refractivity contribution in [1.29, 1.82) is 0 Å². The molecular formula is C17H18N4O2. The molecule has 0 saturated heterocycles. The molecule has 4 rings (SSSR count). The Balaban J connectivity index is 1.64. The molecule has 0 spiro atoms. The maximum absolute atomic E-state index is 12.6. The summed E-state index contributed by atoms with van der Waals surface area (Å²) < 4.78 is 0. The van der Waals surface area contributed by atoms with Crippen LogP contribution >= 0.6 is 0 Å². The first kappa shape index (κ1) is 14.1. The molecule has 0 atom stereocenters. The number of aryl methyl sites for hydroxylation is 3. The fourth-order valence-electron chi connectivity index (χ4n) is 3.53. The minimum atomic E-state index is -0.430. The van der Waals surface area contributed by atoms with Crippen molar-refractivity contribution < 1.29 is 4.79 Å². The van der Waals surface area contributed by atoms with Crippen LogP contribution in [-0.4, -0.2) is 21.1 Å². The predicted octanol–water partition coefficient (Wildman–Crippen LogP) is 1.78. The highest BCUT2D eigenvalue weighted by Gasteiger charge is 2.24. The van der Waals surface area contributed by atoms with Gasteiger partial charge in [-0.05, 0) is 67.7 Å². The van der Waals surface area contributed by atoms with E-state index in [0.29, 0.717) is 5.82 Å². The lowest BCUT2D eigenvalue weighted by Gasteiger charge is -2.16. The van der Waals surface area contributed by atoms with Gasteiger partial charge in [-0.15, -0.1) is 0 Å². The summed E-state index contributed by atoms with van der Waals surface area (Å²) in [5.74, 6) is 0.119. The second-order valence-corrected chi connectivity index (χ2v) is 6.21. The number of hydrogen-bond donors (Lipinski definition) is 2. The van der Waals surface area contributed by atoms with E-state index in [1.54, 1.807) is 0 Å². The maximum atomic E-state index is 12.6. The summed E-state index contributed by atoms with van der Waals surface area (Å²) in [6.07, 6.45) is 8.74. The van der Waals surface area contributed by atoms with Gasteiger partial charge in [-0.2, -0.15) is 5.10 Å². The minimum absolute atomic E-state index is 0.187. The second kappa shape index (κ2) is 5.61. The molecule has 2 heterocycles. The average Bonchev–Trinajstić information content (AvgIpc) is 3.03. The van der Waals surface area contributed by atoms with Gasteiger partial charge in [-0.1, -0.05) is 0 Å². The van der Waals surface area contributed by atoms with Crippen LogP contribution in [0.15, 0.2) is 17.1 Å². The van der Waals surface area contributed by atoms with E-state index in [2.05, 4.69) is 20.5 Å². The summed E-state index contributed by atoms with van der Waals surface area (Å²) in [6.45, 7) is 0. The van der Waals surface area contributed by atoms with Crippen LogP contribution in [0.3, 0.4) is 0 Å². The van der Waals surface area contributed by atoms with E-state index in [9.17, 15) is 9.59 Å². The van der Waals surface area contributed by atoms with Gasteiger partial charge in [0.1, 0.15) is 11.4 Å². The number of hydrogen-bond acceptors (Lipinski definition) is 4. The molecule has 0 aromatic carbocycles. The first-order chi connectivity index (χ1) is 11.2. The molecule has 2 aromatic rings. The van der Waals surface area contributed by atoms with Gasteiger partial charge >= 0.3 is 0 Å². The molecule has 0 unspecified atom stereocenters. The van der Waals surface area contributed by atoms with Gasteiger partial charge in [0.15, 0.2) is 0 Å². The van der Waals surface area contributed by atoms with E-state index in [0.717, 1.165) is 43.4 Å². The highest BCUT2D eigenvalue weighted by molar-refractivity contribution is 6.04. The van der Waals surface area contributed by atoms with Crippen LogP contribution in [0.25, 0.3) is 0 Å². The maximum Gasteiger partial charge on any atom is 0.277 e. The Hall–Kier alpha value is -2.50. The Morgan fingerprint density at radius 2 is 1.91 bits per heavy atom. The van der Waals surface area contributed by atoms with Gasteiger partial charge in [-0.3, -0.25) is 9.59 Å². The van der Waals surface area contributed by atoms with Gasteiger partial charge in [0.05, 0.1) is 5.69 Å². The van der Waals surface area contributed by atoms with E-state index < -0.39 is 11.5 Å². The Morgan fingerprint density at radius 1 is 1.09 bits per heavy atom. The van der Waals surface area contributed by atoms with Crippen molar-refractivity contribution in [2.24, 2.45) is 0 Å². The topological polar surface area (TPSA) is 87.7 Å². The number of aromatic nitrogens is 3. The third-order valence-electron chi connectivity index (χ3n) is 4.70. The van der Waals surface area contributed by atoms with Gasteiger partial charge in [0, 0.05) is 6.20 Å². The van der Waals surface area contributed by atoms with Crippen molar-refractivity contribution in [3.05, 3.63) is 50.6 Å². The lowest BCUT2D eigenvalue weighted by molar-refractivity contribution is 0.102. The average molecular weight is 310 g/mol. The highest BCUT2D eigenvalue weighted by atomic mass is 16.2. The molecule has 2 aliphatic carbocycles. The number of fused-ring (bicyclic) bond motifs is 2. The van der Waals surface area contributed by atoms with Crippen molar-refractivity contribution in [3.8, 4) is 0 Å². The summed E-state index contributed by atoms with van der Waals surface area (Å²) >= 11 is 0. The first-order valence-corrected chi connectivity index (χ1v) is 8.12.